The van der Waals surface area contributed by atoms with Crippen molar-refractivity contribution >= 4 is 23.0 Å². The van der Waals surface area contributed by atoms with Crippen LogP contribution in [0.2, 0.25) is 0 Å². The molecule has 0 saturated carbocycles. The maximum Gasteiger partial charge on any atom is 0.231 e. The fraction of sp³-hybridized carbons (Fsp3) is 0.241. The first-order chi connectivity index (χ1) is 18.0. The standard InChI is InChI=1S/C29H28N4O3S/c1-4-34-22-11-8-20(9-12-22)33-28(27(31-29(33)37)24-7-5-6-14-30-24)23-15-18(2)32(19(23)3)21-10-13-25-26(16-21)36-17-35-25/h5-16,27-28H,4,17H2,1-3H3,(H,31,37)/t27-,28-/m1/s1. The van der Waals surface area contributed by atoms with E-state index in [1.165, 1.54) is 5.56 Å². The number of ether oxygens (including phenoxy) is 3. The van der Waals surface area contributed by atoms with Crippen molar-refractivity contribution in [3.8, 4) is 22.9 Å². The average Bonchev–Trinajstić information content (AvgIpc) is 3.60. The molecule has 8 heteroatoms. The van der Waals surface area contributed by atoms with Crippen LogP contribution in [0.25, 0.3) is 5.69 Å². The van der Waals surface area contributed by atoms with Gasteiger partial charge in [-0.1, -0.05) is 6.07 Å². The number of hydrogen-bond acceptors (Lipinski definition) is 5. The van der Waals surface area contributed by atoms with Gasteiger partial charge in [-0.05, 0) is 93.1 Å². The molecule has 188 valence electrons. The van der Waals surface area contributed by atoms with E-state index in [2.05, 4.69) is 57.9 Å². The molecule has 0 unspecified atom stereocenters. The van der Waals surface area contributed by atoms with Crippen LogP contribution in [0.5, 0.6) is 17.2 Å². The van der Waals surface area contributed by atoms with Crippen molar-refractivity contribution in [2.24, 2.45) is 0 Å². The van der Waals surface area contributed by atoms with Crippen molar-refractivity contribution in [1.82, 2.24) is 14.9 Å². The Hall–Kier alpha value is -4.04. The lowest BCUT2D eigenvalue weighted by molar-refractivity contribution is 0.174. The van der Waals surface area contributed by atoms with Crippen LogP contribution in [0.3, 0.4) is 0 Å². The summed E-state index contributed by atoms with van der Waals surface area (Å²) in [5, 5.41) is 4.22. The molecule has 0 aliphatic carbocycles. The van der Waals surface area contributed by atoms with Gasteiger partial charge in [0.15, 0.2) is 16.6 Å². The number of hydrogen-bond donors (Lipinski definition) is 1. The Morgan fingerprint density at radius 2 is 1.78 bits per heavy atom. The fourth-order valence-electron chi connectivity index (χ4n) is 5.33. The van der Waals surface area contributed by atoms with Gasteiger partial charge in [0.05, 0.1) is 24.4 Å². The van der Waals surface area contributed by atoms with Crippen LogP contribution in [0, 0.1) is 13.8 Å². The molecule has 7 nitrogen and oxygen atoms in total. The minimum absolute atomic E-state index is 0.102. The van der Waals surface area contributed by atoms with E-state index in [1.54, 1.807) is 0 Å². The van der Waals surface area contributed by atoms with Gasteiger partial charge in [0.2, 0.25) is 6.79 Å². The Kier molecular flexibility index (Phi) is 5.96. The predicted octanol–water partition coefficient (Wildman–Crippen LogP) is 5.79. The number of pyridine rings is 1. The second kappa shape index (κ2) is 9.44. The molecule has 4 aromatic rings. The highest BCUT2D eigenvalue weighted by molar-refractivity contribution is 7.80. The van der Waals surface area contributed by atoms with Gasteiger partial charge >= 0.3 is 0 Å². The molecule has 1 N–H and O–H groups in total. The lowest BCUT2D eigenvalue weighted by atomic mass is 9.96. The number of aromatic nitrogens is 2. The number of nitrogens with zero attached hydrogens (tertiary/aromatic N) is 3. The number of nitrogens with one attached hydrogen (secondary N) is 1. The molecular formula is C29H28N4O3S. The zero-order valence-corrected chi connectivity index (χ0v) is 21.8. The number of thiocarbonyl (C=S) groups is 1. The van der Waals surface area contributed by atoms with E-state index in [0.29, 0.717) is 11.7 Å². The Bertz CT molecular complexity index is 1450. The fourth-order valence-corrected chi connectivity index (χ4v) is 5.67. The zero-order chi connectivity index (χ0) is 25.5. The molecule has 37 heavy (non-hydrogen) atoms. The molecule has 2 aromatic heterocycles. The summed E-state index contributed by atoms with van der Waals surface area (Å²) in [4.78, 5) is 6.88. The SMILES string of the molecule is CCOc1ccc(N2C(=S)N[C@H](c3ccccn3)[C@H]2c2cc(C)n(-c3ccc4c(c3)OCO4)c2C)cc1. The summed E-state index contributed by atoms with van der Waals surface area (Å²) in [6, 6.07) is 22.2. The molecule has 0 bridgehead atoms. The monoisotopic (exact) mass is 512 g/mol. The van der Waals surface area contributed by atoms with Crippen molar-refractivity contribution < 1.29 is 14.2 Å². The molecule has 2 atom stereocenters. The molecule has 1 fully saturated rings. The first-order valence-corrected chi connectivity index (χ1v) is 12.8. The molecular weight excluding hydrogens is 484 g/mol. The van der Waals surface area contributed by atoms with E-state index >= 15 is 0 Å². The summed E-state index contributed by atoms with van der Waals surface area (Å²) < 4.78 is 19.1. The normalized spacial score (nSPS) is 18.2. The number of fused-ring (bicyclic) bond motifs is 1. The van der Waals surface area contributed by atoms with Gasteiger partial charge in [0.25, 0.3) is 0 Å². The van der Waals surface area contributed by atoms with Crippen LogP contribution in [-0.2, 0) is 0 Å². The first kappa shape index (κ1) is 23.4. The summed E-state index contributed by atoms with van der Waals surface area (Å²) in [6.45, 7) is 7.14. The number of aryl methyl sites for hydroxylation is 1. The predicted molar refractivity (Wildman–Crippen MR) is 147 cm³/mol. The lowest BCUT2D eigenvalue weighted by Gasteiger charge is -2.28. The van der Waals surface area contributed by atoms with Gasteiger partial charge in [-0.25, -0.2) is 0 Å². The van der Waals surface area contributed by atoms with E-state index in [-0.39, 0.29) is 18.9 Å². The lowest BCUT2D eigenvalue weighted by Crippen LogP contribution is -2.29. The number of anilines is 1. The topological polar surface area (TPSA) is 60.8 Å². The van der Waals surface area contributed by atoms with Crippen LogP contribution in [0.15, 0.2) is 72.9 Å². The quantitative estimate of drug-likeness (QED) is 0.328. The van der Waals surface area contributed by atoms with E-state index in [4.69, 9.17) is 26.4 Å². The number of benzene rings is 2. The Morgan fingerprint density at radius 3 is 2.54 bits per heavy atom. The summed E-state index contributed by atoms with van der Waals surface area (Å²) in [7, 11) is 0. The third kappa shape index (κ3) is 4.07. The van der Waals surface area contributed by atoms with Crippen LogP contribution < -0.4 is 24.4 Å². The van der Waals surface area contributed by atoms with E-state index in [9.17, 15) is 0 Å². The van der Waals surface area contributed by atoms with Gasteiger partial charge in [-0.15, -0.1) is 0 Å². The zero-order valence-electron chi connectivity index (χ0n) is 21.0. The van der Waals surface area contributed by atoms with Gasteiger partial charge in [0, 0.05) is 35.0 Å². The van der Waals surface area contributed by atoms with Crippen molar-refractivity contribution in [3.05, 3.63) is 95.6 Å². The van der Waals surface area contributed by atoms with E-state index < -0.39 is 0 Å². The second-order valence-electron chi connectivity index (χ2n) is 9.12. The molecule has 0 spiro atoms. The molecule has 2 aromatic carbocycles. The smallest absolute Gasteiger partial charge is 0.231 e. The van der Waals surface area contributed by atoms with Crippen LogP contribution in [0.4, 0.5) is 5.69 Å². The molecule has 2 aliphatic rings. The van der Waals surface area contributed by atoms with E-state index in [0.717, 1.165) is 45.7 Å². The van der Waals surface area contributed by atoms with Crippen molar-refractivity contribution in [2.75, 3.05) is 18.3 Å². The maximum absolute atomic E-state index is 5.91. The molecule has 0 amide bonds. The Balaban J connectivity index is 1.47. The van der Waals surface area contributed by atoms with Gasteiger partial charge in [0.1, 0.15) is 5.75 Å². The third-order valence-electron chi connectivity index (χ3n) is 6.93. The summed E-state index contributed by atoms with van der Waals surface area (Å²) in [6.07, 6.45) is 1.83. The van der Waals surface area contributed by atoms with Crippen molar-refractivity contribution in [1.29, 1.82) is 0 Å². The average molecular weight is 513 g/mol. The first-order valence-electron chi connectivity index (χ1n) is 12.4. The number of rotatable bonds is 6. The minimum Gasteiger partial charge on any atom is -0.494 e. The van der Waals surface area contributed by atoms with Gasteiger partial charge in [-0.2, -0.15) is 0 Å². The van der Waals surface area contributed by atoms with Crippen molar-refractivity contribution in [2.45, 2.75) is 32.9 Å². The summed E-state index contributed by atoms with van der Waals surface area (Å²) >= 11 is 5.91. The molecule has 1 saturated heterocycles. The highest BCUT2D eigenvalue weighted by atomic mass is 32.1. The molecule has 0 radical (unpaired) electrons. The Morgan fingerprint density at radius 1 is 1.00 bits per heavy atom. The van der Waals surface area contributed by atoms with Crippen LogP contribution in [-0.4, -0.2) is 28.1 Å². The van der Waals surface area contributed by atoms with Gasteiger partial charge < -0.3 is 29.0 Å². The molecule has 2 aliphatic heterocycles. The highest BCUT2D eigenvalue weighted by Gasteiger charge is 2.42. The third-order valence-corrected chi connectivity index (χ3v) is 7.24. The van der Waals surface area contributed by atoms with Gasteiger partial charge in [-0.3, -0.25) is 4.98 Å². The molecule has 4 heterocycles. The summed E-state index contributed by atoms with van der Waals surface area (Å²) in [5.41, 5.74) is 6.39. The van der Waals surface area contributed by atoms with Crippen molar-refractivity contribution in [3.63, 3.8) is 0 Å². The van der Waals surface area contributed by atoms with E-state index in [1.807, 2.05) is 55.6 Å². The summed E-state index contributed by atoms with van der Waals surface area (Å²) in [5.74, 6) is 2.37. The Labute approximate surface area is 221 Å². The second-order valence-corrected chi connectivity index (χ2v) is 9.51. The largest absolute Gasteiger partial charge is 0.494 e. The molecule has 6 rings (SSSR count). The maximum atomic E-state index is 5.91. The highest BCUT2D eigenvalue weighted by Crippen LogP contribution is 2.44. The minimum atomic E-state index is -0.119. The van der Waals surface area contributed by atoms with Crippen LogP contribution in [0.1, 0.15) is 41.7 Å². The van der Waals surface area contributed by atoms with Crippen LogP contribution >= 0.6 is 12.2 Å².